The molecule has 4 rings (SSSR count). The first kappa shape index (κ1) is 13.0. The number of carbonyl (C=O) groups excluding carboxylic acids is 2. The molecule has 0 bridgehead atoms. The van der Waals surface area contributed by atoms with Crippen molar-refractivity contribution in [3.8, 4) is 5.75 Å². The zero-order valence-electron chi connectivity index (χ0n) is 11.1. The number of carbonyl (C=O) groups is 2. The summed E-state index contributed by atoms with van der Waals surface area (Å²) in [7, 11) is 0. The molecule has 0 atom stereocenters. The standard InChI is InChI=1S/C17H8ClNO3/c18-11-5-6-19-14-13(11)17(22)12-10(16(14)21)7-8-3-1-2-4-9(8)15(12)20/h1-7,20H. The molecule has 0 radical (unpaired) electrons. The molecule has 1 heterocycles. The Labute approximate surface area is 130 Å². The number of aromatic nitrogens is 1. The summed E-state index contributed by atoms with van der Waals surface area (Å²) >= 11 is 6.04. The van der Waals surface area contributed by atoms with E-state index in [0.29, 0.717) is 10.8 Å². The van der Waals surface area contributed by atoms with Crippen molar-refractivity contribution in [1.29, 1.82) is 0 Å². The van der Waals surface area contributed by atoms with Crippen LogP contribution in [0.5, 0.6) is 5.75 Å². The average Bonchev–Trinajstić information content (AvgIpc) is 2.52. The second kappa shape index (κ2) is 4.39. The lowest BCUT2D eigenvalue weighted by atomic mass is 9.84. The summed E-state index contributed by atoms with van der Waals surface area (Å²) in [5.74, 6) is -1.09. The summed E-state index contributed by atoms with van der Waals surface area (Å²) in [6, 6.07) is 10.1. The van der Waals surface area contributed by atoms with E-state index in [-0.39, 0.29) is 33.2 Å². The molecule has 1 aliphatic rings. The minimum Gasteiger partial charge on any atom is -0.507 e. The molecule has 5 heteroatoms. The summed E-state index contributed by atoms with van der Waals surface area (Å²) in [6.07, 6.45) is 1.39. The Morgan fingerprint density at radius 2 is 1.77 bits per heavy atom. The van der Waals surface area contributed by atoms with Crippen LogP contribution in [0.25, 0.3) is 10.8 Å². The molecule has 1 aromatic heterocycles. The van der Waals surface area contributed by atoms with E-state index < -0.39 is 11.6 Å². The first-order valence-corrected chi connectivity index (χ1v) is 6.96. The highest BCUT2D eigenvalue weighted by atomic mass is 35.5. The molecule has 2 aromatic carbocycles. The number of pyridine rings is 1. The van der Waals surface area contributed by atoms with Crippen molar-refractivity contribution in [2.75, 3.05) is 0 Å². The van der Waals surface area contributed by atoms with Gasteiger partial charge >= 0.3 is 0 Å². The molecule has 22 heavy (non-hydrogen) atoms. The molecule has 0 unspecified atom stereocenters. The Morgan fingerprint density at radius 3 is 2.59 bits per heavy atom. The summed E-state index contributed by atoms with van der Waals surface area (Å²) < 4.78 is 0. The predicted octanol–water partition coefficient (Wildman–Crippen LogP) is 3.37. The van der Waals surface area contributed by atoms with Crippen molar-refractivity contribution in [2.45, 2.75) is 0 Å². The highest BCUT2D eigenvalue weighted by molar-refractivity contribution is 6.39. The van der Waals surface area contributed by atoms with E-state index in [2.05, 4.69) is 4.98 Å². The van der Waals surface area contributed by atoms with Crippen LogP contribution in [0.4, 0.5) is 0 Å². The lowest BCUT2D eigenvalue weighted by molar-refractivity contribution is 0.0973. The number of phenolic OH excluding ortho intramolecular Hbond substituents is 1. The van der Waals surface area contributed by atoms with Crippen LogP contribution in [0, 0.1) is 0 Å². The number of ketones is 2. The van der Waals surface area contributed by atoms with Gasteiger partial charge in [-0.25, -0.2) is 0 Å². The van der Waals surface area contributed by atoms with Crippen molar-refractivity contribution in [2.24, 2.45) is 0 Å². The number of hydrogen-bond donors (Lipinski definition) is 1. The Morgan fingerprint density at radius 1 is 1.00 bits per heavy atom. The zero-order valence-corrected chi connectivity index (χ0v) is 11.9. The fourth-order valence-corrected chi connectivity index (χ4v) is 3.05. The molecule has 0 aliphatic heterocycles. The third kappa shape index (κ3) is 1.55. The normalized spacial score (nSPS) is 13.1. The van der Waals surface area contributed by atoms with Crippen LogP contribution in [0.15, 0.2) is 42.6 Å². The van der Waals surface area contributed by atoms with E-state index in [4.69, 9.17) is 11.6 Å². The van der Waals surface area contributed by atoms with Gasteiger partial charge in [0, 0.05) is 17.1 Å². The van der Waals surface area contributed by atoms with Crippen LogP contribution < -0.4 is 0 Å². The largest absolute Gasteiger partial charge is 0.507 e. The molecule has 0 fully saturated rings. The van der Waals surface area contributed by atoms with Crippen LogP contribution in [0.2, 0.25) is 5.02 Å². The van der Waals surface area contributed by atoms with E-state index in [1.807, 2.05) is 0 Å². The topological polar surface area (TPSA) is 67.3 Å². The van der Waals surface area contributed by atoms with Crippen molar-refractivity contribution in [1.82, 2.24) is 4.98 Å². The van der Waals surface area contributed by atoms with Gasteiger partial charge in [0.05, 0.1) is 16.1 Å². The second-order valence-electron chi connectivity index (χ2n) is 5.04. The number of benzene rings is 2. The Balaban J connectivity index is 2.14. The van der Waals surface area contributed by atoms with Crippen molar-refractivity contribution >= 4 is 33.9 Å². The molecule has 1 N–H and O–H groups in total. The van der Waals surface area contributed by atoms with E-state index in [1.54, 1.807) is 30.3 Å². The first-order chi connectivity index (χ1) is 10.6. The maximum absolute atomic E-state index is 12.7. The summed E-state index contributed by atoms with van der Waals surface area (Å²) in [5, 5.41) is 11.8. The van der Waals surface area contributed by atoms with Crippen molar-refractivity contribution < 1.29 is 14.7 Å². The molecule has 0 amide bonds. The molecule has 106 valence electrons. The van der Waals surface area contributed by atoms with E-state index in [9.17, 15) is 14.7 Å². The Bertz CT molecular complexity index is 995. The molecular weight excluding hydrogens is 302 g/mol. The van der Waals surface area contributed by atoms with E-state index in [0.717, 1.165) is 0 Å². The van der Waals surface area contributed by atoms with Gasteiger partial charge in [0.15, 0.2) is 0 Å². The van der Waals surface area contributed by atoms with Crippen LogP contribution >= 0.6 is 11.6 Å². The quantitative estimate of drug-likeness (QED) is 0.541. The SMILES string of the molecule is O=C1c2cc3ccccc3c(O)c2C(=O)c2c(Cl)ccnc21. The van der Waals surface area contributed by atoms with Gasteiger partial charge in [-0.05, 0) is 17.5 Å². The minimum absolute atomic E-state index is 0.00824. The average molecular weight is 310 g/mol. The van der Waals surface area contributed by atoms with Crippen LogP contribution in [-0.2, 0) is 0 Å². The first-order valence-electron chi connectivity index (χ1n) is 6.58. The van der Waals surface area contributed by atoms with Gasteiger partial charge < -0.3 is 5.11 Å². The Kier molecular flexibility index (Phi) is 2.59. The number of aromatic hydroxyl groups is 1. The summed E-state index contributed by atoms with van der Waals surface area (Å²) in [4.78, 5) is 29.3. The number of hydrogen-bond acceptors (Lipinski definition) is 4. The van der Waals surface area contributed by atoms with E-state index >= 15 is 0 Å². The molecule has 1 aliphatic carbocycles. The summed E-state index contributed by atoms with van der Waals surface area (Å²) in [5.41, 5.74) is 0.224. The number of phenols is 1. The third-order valence-electron chi connectivity index (χ3n) is 3.84. The van der Waals surface area contributed by atoms with Gasteiger partial charge in [-0.2, -0.15) is 0 Å². The van der Waals surface area contributed by atoms with Crippen molar-refractivity contribution in [3.05, 3.63) is 70.0 Å². The van der Waals surface area contributed by atoms with E-state index in [1.165, 1.54) is 12.3 Å². The fraction of sp³-hybridized carbons (Fsp3) is 0. The number of fused-ring (bicyclic) bond motifs is 3. The van der Waals surface area contributed by atoms with Gasteiger partial charge in [0.1, 0.15) is 11.4 Å². The van der Waals surface area contributed by atoms with Crippen molar-refractivity contribution in [3.63, 3.8) is 0 Å². The molecule has 4 nitrogen and oxygen atoms in total. The lowest BCUT2D eigenvalue weighted by Gasteiger charge is -2.19. The van der Waals surface area contributed by atoms with Gasteiger partial charge in [-0.15, -0.1) is 0 Å². The molecule has 0 spiro atoms. The van der Waals surface area contributed by atoms with Crippen LogP contribution in [0.3, 0.4) is 0 Å². The van der Waals surface area contributed by atoms with Gasteiger partial charge in [-0.1, -0.05) is 35.9 Å². The molecule has 0 saturated heterocycles. The lowest BCUT2D eigenvalue weighted by Crippen LogP contribution is -2.23. The van der Waals surface area contributed by atoms with Crippen LogP contribution in [-0.4, -0.2) is 21.7 Å². The second-order valence-corrected chi connectivity index (χ2v) is 5.45. The number of halogens is 1. The highest BCUT2D eigenvalue weighted by Crippen LogP contribution is 2.39. The molecule has 0 saturated carbocycles. The van der Waals surface area contributed by atoms with Crippen LogP contribution in [0.1, 0.15) is 32.0 Å². The number of rotatable bonds is 0. The molecular formula is C17H8ClNO3. The zero-order chi connectivity index (χ0) is 15.4. The minimum atomic E-state index is -0.481. The van der Waals surface area contributed by atoms with Gasteiger partial charge in [-0.3, -0.25) is 14.6 Å². The fourth-order valence-electron chi connectivity index (χ4n) is 2.82. The Hall–Kier alpha value is -2.72. The maximum atomic E-state index is 12.7. The maximum Gasteiger partial charge on any atom is 0.213 e. The van der Waals surface area contributed by atoms with Gasteiger partial charge in [0.2, 0.25) is 11.6 Å². The molecule has 3 aromatic rings. The highest BCUT2D eigenvalue weighted by Gasteiger charge is 2.35. The van der Waals surface area contributed by atoms with Gasteiger partial charge in [0.25, 0.3) is 0 Å². The third-order valence-corrected chi connectivity index (χ3v) is 4.15. The predicted molar refractivity (Wildman–Crippen MR) is 81.7 cm³/mol. The smallest absolute Gasteiger partial charge is 0.213 e. The monoisotopic (exact) mass is 309 g/mol. The summed E-state index contributed by atoms with van der Waals surface area (Å²) in [6.45, 7) is 0. The number of nitrogens with zero attached hydrogens (tertiary/aromatic N) is 1.